The van der Waals surface area contributed by atoms with Gasteiger partial charge in [-0.2, -0.15) is 0 Å². The van der Waals surface area contributed by atoms with Gasteiger partial charge in [0.15, 0.2) is 0 Å². The van der Waals surface area contributed by atoms with Crippen LogP contribution in [0.1, 0.15) is 17.2 Å². The third kappa shape index (κ3) is 0.993. The molecule has 12 heavy (non-hydrogen) atoms. The predicted octanol–water partition coefficient (Wildman–Crippen LogP) is 2.07. The van der Waals surface area contributed by atoms with Crippen LogP contribution in [0, 0.1) is 6.92 Å². The summed E-state index contributed by atoms with van der Waals surface area (Å²) in [5.74, 6) is 0.745. The van der Waals surface area contributed by atoms with Crippen molar-refractivity contribution in [3.63, 3.8) is 0 Å². The van der Waals surface area contributed by atoms with E-state index in [1.165, 1.54) is 0 Å². The molecule has 1 aromatic carbocycles. The molecular weight excluding hydrogens is 176 g/mol. The Morgan fingerprint density at radius 1 is 1.58 bits per heavy atom. The first kappa shape index (κ1) is 7.90. The third-order valence-corrected chi connectivity index (χ3v) is 2.39. The van der Waals surface area contributed by atoms with Crippen molar-refractivity contribution < 1.29 is 9.84 Å². The molecule has 0 amide bonds. The van der Waals surface area contributed by atoms with Crippen LogP contribution < -0.4 is 4.74 Å². The summed E-state index contributed by atoms with van der Waals surface area (Å²) >= 11 is 5.90. The monoisotopic (exact) mass is 184 g/mol. The SMILES string of the molecule is Cc1ccc(Cl)c2c1OCC2O. The molecule has 1 aliphatic rings. The Labute approximate surface area is 75.7 Å². The van der Waals surface area contributed by atoms with Gasteiger partial charge >= 0.3 is 0 Å². The molecule has 1 aromatic rings. The molecule has 1 atom stereocenters. The molecule has 0 spiro atoms. The van der Waals surface area contributed by atoms with Crippen LogP contribution in [-0.2, 0) is 0 Å². The molecule has 1 unspecified atom stereocenters. The highest BCUT2D eigenvalue weighted by atomic mass is 35.5. The molecule has 1 aliphatic heterocycles. The van der Waals surface area contributed by atoms with Gasteiger partial charge in [-0.25, -0.2) is 0 Å². The molecule has 1 N–H and O–H groups in total. The van der Waals surface area contributed by atoms with Crippen LogP contribution in [0.5, 0.6) is 5.75 Å². The van der Waals surface area contributed by atoms with Crippen LogP contribution in [0.15, 0.2) is 12.1 Å². The molecule has 0 aromatic heterocycles. The number of hydrogen-bond donors (Lipinski definition) is 1. The number of hydrogen-bond acceptors (Lipinski definition) is 2. The second-order valence-corrected chi connectivity index (χ2v) is 3.34. The zero-order chi connectivity index (χ0) is 8.72. The lowest BCUT2D eigenvalue weighted by Gasteiger charge is -2.04. The average molecular weight is 185 g/mol. The lowest BCUT2D eigenvalue weighted by atomic mass is 10.1. The van der Waals surface area contributed by atoms with E-state index in [0.29, 0.717) is 11.6 Å². The fraction of sp³-hybridized carbons (Fsp3) is 0.333. The van der Waals surface area contributed by atoms with Gasteiger partial charge in [-0.1, -0.05) is 17.7 Å². The van der Waals surface area contributed by atoms with Crippen LogP contribution in [0.3, 0.4) is 0 Å². The summed E-state index contributed by atoms with van der Waals surface area (Å²) in [7, 11) is 0. The number of rotatable bonds is 0. The highest BCUT2D eigenvalue weighted by Gasteiger charge is 2.25. The van der Waals surface area contributed by atoms with Crippen LogP contribution in [0.2, 0.25) is 5.02 Å². The van der Waals surface area contributed by atoms with E-state index in [9.17, 15) is 5.11 Å². The van der Waals surface area contributed by atoms with Crippen molar-refractivity contribution in [2.45, 2.75) is 13.0 Å². The van der Waals surface area contributed by atoms with E-state index in [1.807, 2.05) is 13.0 Å². The summed E-state index contributed by atoms with van der Waals surface area (Å²) in [5, 5.41) is 10.1. The quantitative estimate of drug-likeness (QED) is 0.669. The van der Waals surface area contributed by atoms with E-state index >= 15 is 0 Å². The van der Waals surface area contributed by atoms with E-state index in [4.69, 9.17) is 16.3 Å². The normalized spacial score (nSPS) is 20.4. The first-order valence-electron chi connectivity index (χ1n) is 3.80. The molecule has 0 fully saturated rings. The number of aliphatic hydroxyl groups excluding tert-OH is 1. The molecule has 2 rings (SSSR count). The Morgan fingerprint density at radius 2 is 2.33 bits per heavy atom. The minimum absolute atomic E-state index is 0.319. The number of halogens is 1. The summed E-state index contributed by atoms with van der Waals surface area (Å²) in [6, 6.07) is 3.67. The fourth-order valence-electron chi connectivity index (χ4n) is 1.43. The molecule has 2 nitrogen and oxygen atoms in total. The first-order chi connectivity index (χ1) is 5.70. The van der Waals surface area contributed by atoms with Crippen LogP contribution in [0.25, 0.3) is 0 Å². The second-order valence-electron chi connectivity index (χ2n) is 2.93. The Balaban J connectivity index is 2.64. The second kappa shape index (κ2) is 2.64. The largest absolute Gasteiger partial charge is 0.490 e. The van der Waals surface area contributed by atoms with Crippen molar-refractivity contribution in [1.29, 1.82) is 0 Å². The Morgan fingerprint density at radius 3 is 3.00 bits per heavy atom. The smallest absolute Gasteiger partial charge is 0.129 e. The highest BCUT2D eigenvalue weighted by molar-refractivity contribution is 6.31. The Bertz CT molecular complexity index is 323. The topological polar surface area (TPSA) is 29.5 Å². The number of aliphatic hydroxyl groups is 1. The molecule has 1 heterocycles. The van der Waals surface area contributed by atoms with Crippen molar-refractivity contribution in [2.24, 2.45) is 0 Å². The minimum atomic E-state index is -0.563. The molecule has 0 aliphatic carbocycles. The van der Waals surface area contributed by atoms with Gasteiger partial charge in [0, 0.05) is 5.56 Å². The summed E-state index contributed by atoms with van der Waals surface area (Å²) in [6.45, 7) is 2.26. The molecule has 64 valence electrons. The van der Waals surface area contributed by atoms with Crippen molar-refractivity contribution in [2.75, 3.05) is 6.61 Å². The van der Waals surface area contributed by atoms with Crippen LogP contribution in [-0.4, -0.2) is 11.7 Å². The number of benzene rings is 1. The van der Waals surface area contributed by atoms with Gasteiger partial charge in [0.05, 0.1) is 5.02 Å². The third-order valence-electron chi connectivity index (χ3n) is 2.06. The van der Waals surface area contributed by atoms with Crippen LogP contribution in [0.4, 0.5) is 0 Å². The molecular formula is C9H9ClO2. The van der Waals surface area contributed by atoms with Crippen molar-refractivity contribution in [1.82, 2.24) is 0 Å². The Kier molecular flexibility index (Phi) is 1.74. The summed E-state index contributed by atoms with van der Waals surface area (Å²) in [6.07, 6.45) is -0.563. The summed E-state index contributed by atoms with van der Waals surface area (Å²) in [4.78, 5) is 0. The van der Waals surface area contributed by atoms with Crippen molar-refractivity contribution >= 4 is 11.6 Å². The molecule has 0 bridgehead atoms. The van der Waals surface area contributed by atoms with E-state index in [-0.39, 0.29) is 0 Å². The van der Waals surface area contributed by atoms with Gasteiger partial charge in [0.25, 0.3) is 0 Å². The highest BCUT2D eigenvalue weighted by Crippen LogP contribution is 2.39. The maximum Gasteiger partial charge on any atom is 0.129 e. The average Bonchev–Trinajstić information content (AvgIpc) is 2.42. The minimum Gasteiger partial charge on any atom is -0.490 e. The van der Waals surface area contributed by atoms with Gasteiger partial charge < -0.3 is 9.84 Å². The number of ether oxygens (including phenoxy) is 1. The van der Waals surface area contributed by atoms with E-state index in [1.54, 1.807) is 6.07 Å². The van der Waals surface area contributed by atoms with Crippen molar-refractivity contribution in [3.8, 4) is 5.75 Å². The molecule has 0 saturated heterocycles. The van der Waals surface area contributed by atoms with Crippen molar-refractivity contribution in [3.05, 3.63) is 28.3 Å². The summed E-state index contributed by atoms with van der Waals surface area (Å²) in [5.41, 5.74) is 1.75. The summed E-state index contributed by atoms with van der Waals surface area (Å²) < 4.78 is 5.29. The maximum absolute atomic E-state index is 9.48. The Hall–Kier alpha value is -0.730. The molecule has 3 heteroatoms. The number of fused-ring (bicyclic) bond motifs is 1. The lowest BCUT2D eigenvalue weighted by Crippen LogP contribution is -1.97. The van der Waals surface area contributed by atoms with E-state index in [0.717, 1.165) is 16.9 Å². The maximum atomic E-state index is 9.48. The van der Waals surface area contributed by atoms with Gasteiger partial charge in [0.1, 0.15) is 18.5 Å². The van der Waals surface area contributed by atoms with E-state index < -0.39 is 6.10 Å². The van der Waals surface area contributed by atoms with Gasteiger partial charge in [-0.15, -0.1) is 0 Å². The van der Waals surface area contributed by atoms with Crippen LogP contribution >= 0.6 is 11.6 Å². The predicted molar refractivity (Wildman–Crippen MR) is 46.6 cm³/mol. The zero-order valence-electron chi connectivity index (χ0n) is 6.67. The van der Waals surface area contributed by atoms with E-state index in [2.05, 4.69) is 0 Å². The molecule has 0 radical (unpaired) electrons. The zero-order valence-corrected chi connectivity index (χ0v) is 7.43. The fourth-order valence-corrected chi connectivity index (χ4v) is 1.71. The lowest BCUT2D eigenvalue weighted by molar-refractivity contribution is 0.140. The van der Waals surface area contributed by atoms with Gasteiger partial charge in [0.2, 0.25) is 0 Å². The van der Waals surface area contributed by atoms with Gasteiger partial charge in [-0.3, -0.25) is 0 Å². The molecule has 0 saturated carbocycles. The number of aryl methyl sites for hydroxylation is 1. The first-order valence-corrected chi connectivity index (χ1v) is 4.18. The standard InChI is InChI=1S/C9H9ClO2/c1-5-2-3-6(10)8-7(11)4-12-9(5)8/h2-3,7,11H,4H2,1H3. The van der Waals surface area contributed by atoms with Gasteiger partial charge in [-0.05, 0) is 18.6 Å².